The average Bonchev–Trinajstić information content (AvgIpc) is 2.85. The van der Waals surface area contributed by atoms with Gasteiger partial charge in [-0.05, 0) is 26.7 Å². The van der Waals surface area contributed by atoms with Crippen LogP contribution in [0.1, 0.15) is 26.7 Å². The standard InChI is InChI=1S/C9H20N2O/c1-3-12-7-9(2,6-10)11-8-4-5-8/h8,11H,3-7,10H2,1-2H3. The number of hydrogen-bond acceptors (Lipinski definition) is 3. The molecule has 3 heteroatoms. The highest BCUT2D eigenvalue weighted by Crippen LogP contribution is 2.22. The molecule has 72 valence electrons. The molecule has 12 heavy (non-hydrogen) atoms. The fourth-order valence-electron chi connectivity index (χ4n) is 1.21. The fourth-order valence-corrected chi connectivity index (χ4v) is 1.21. The SMILES string of the molecule is CCOCC(C)(CN)NC1CC1. The minimum absolute atomic E-state index is 0.0167. The van der Waals surface area contributed by atoms with Gasteiger partial charge < -0.3 is 15.8 Å². The van der Waals surface area contributed by atoms with Crippen LogP contribution < -0.4 is 11.1 Å². The van der Waals surface area contributed by atoms with Crippen LogP contribution in [0.25, 0.3) is 0 Å². The molecule has 0 aromatic heterocycles. The van der Waals surface area contributed by atoms with Gasteiger partial charge in [0.05, 0.1) is 12.1 Å². The largest absolute Gasteiger partial charge is 0.380 e. The smallest absolute Gasteiger partial charge is 0.0657 e. The van der Waals surface area contributed by atoms with Crippen LogP contribution >= 0.6 is 0 Å². The van der Waals surface area contributed by atoms with Crippen LogP contribution in [0.5, 0.6) is 0 Å². The predicted molar refractivity (Wildman–Crippen MR) is 50.1 cm³/mol. The van der Waals surface area contributed by atoms with Crippen LogP contribution in [0.2, 0.25) is 0 Å². The van der Waals surface area contributed by atoms with Gasteiger partial charge in [0, 0.05) is 19.2 Å². The Morgan fingerprint density at radius 2 is 2.25 bits per heavy atom. The van der Waals surface area contributed by atoms with Gasteiger partial charge in [0.1, 0.15) is 0 Å². The average molecular weight is 172 g/mol. The third-order valence-corrected chi connectivity index (χ3v) is 2.21. The summed E-state index contributed by atoms with van der Waals surface area (Å²) in [7, 11) is 0. The van der Waals surface area contributed by atoms with Crippen molar-refractivity contribution in [2.24, 2.45) is 5.73 Å². The molecule has 0 aromatic rings. The second kappa shape index (κ2) is 4.21. The van der Waals surface area contributed by atoms with Crippen LogP contribution in [-0.4, -0.2) is 31.3 Å². The Balaban J connectivity index is 2.25. The molecule has 0 spiro atoms. The summed E-state index contributed by atoms with van der Waals surface area (Å²) in [5.74, 6) is 0. The Bertz CT molecular complexity index is 136. The Morgan fingerprint density at radius 1 is 1.58 bits per heavy atom. The number of nitrogens with one attached hydrogen (secondary N) is 1. The van der Waals surface area contributed by atoms with Crippen molar-refractivity contribution in [2.45, 2.75) is 38.3 Å². The van der Waals surface area contributed by atoms with E-state index in [9.17, 15) is 0 Å². The molecule has 3 N–H and O–H groups in total. The van der Waals surface area contributed by atoms with Gasteiger partial charge in [-0.3, -0.25) is 0 Å². The molecule has 0 saturated heterocycles. The zero-order chi connectivity index (χ0) is 9.03. The minimum Gasteiger partial charge on any atom is -0.380 e. The van der Waals surface area contributed by atoms with E-state index >= 15 is 0 Å². The molecule has 0 bridgehead atoms. The lowest BCUT2D eigenvalue weighted by Gasteiger charge is -2.29. The van der Waals surface area contributed by atoms with Crippen molar-refractivity contribution in [3.05, 3.63) is 0 Å². The molecular formula is C9H20N2O. The molecule has 1 rings (SSSR count). The summed E-state index contributed by atoms with van der Waals surface area (Å²) in [6.45, 7) is 6.26. The van der Waals surface area contributed by atoms with Gasteiger partial charge in [-0.1, -0.05) is 0 Å². The monoisotopic (exact) mass is 172 g/mol. The van der Waals surface area contributed by atoms with E-state index in [4.69, 9.17) is 10.5 Å². The van der Waals surface area contributed by atoms with Crippen molar-refractivity contribution in [1.29, 1.82) is 0 Å². The van der Waals surface area contributed by atoms with Gasteiger partial charge >= 0.3 is 0 Å². The molecule has 0 radical (unpaired) electrons. The third kappa shape index (κ3) is 3.09. The first-order valence-corrected chi connectivity index (χ1v) is 4.75. The Labute approximate surface area is 74.7 Å². The molecule has 3 nitrogen and oxygen atoms in total. The van der Waals surface area contributed by atoms with Gasteiger partial charge in [0.25, 0.3) is 0 Å². The van der Waals surface area contributed by atoms with Gasteiger partial charge in [0.15, 0.2) is 0 Å². The molecule has 1 aliphatic rings. The highest BCUT2D eigenvalue weighted by molar-refractivity contribution is 4.93. The Hall–Kier alpha value is -0.120. The second-order valence-electron chi connectivity index (χ2n) is 3.82. The summed E-state index contributed by atoms with van der Waals surface area (Å²) in [6.07, 6.45) is 2.59. The van der Waals surface area contributed by atoms with E-state index in [1.165, 1.54) is 12.8 Å². The quantitative estimate of drug-likeness (QED) is 0.613. The lowest BCUT2D eigenvalue weighted by atomic mass is 10.0. The highest BCUT2D eigenvalue weighted by Gasteiger charge is 2.31. The summed E-state index contributed by atoms with van der Waals surface area (Å²) in [4.78, 5) is 0. The maximum Gasteiger partial charge on any atom is 0.0657 e. The zero-order valence-electron chi connectivity index (χ0n) is 8.10. The minimum atomic E-state index is -0.0167. The van der Waals surface area contributed by atoms with E-state index in [2.05, 4.69) is 12.2 Å². The van der Waals surface area contributed by atoms with E-state index in [1.807, 2.05) is 6.92 Å². The molecule has 0 aliphatic heterocycles. The van der Waals surface area contributed by atoms with Crippen molar-refractivity contribution >= 4 is 0 Å². The second-order valence-corrected chi connectivity index (χ2v) is 3.82. The van der Waals surface area contributed by atoms with E-state index in [0.717, 1.165) is 13.2 Å². The van der Waals surface area contributed by atoms with Crippen LogP contribution in [-0.2, 0) is 4.74 Å². The molecule has 0 heterocycles. The van der Waals surface area contributed by atoms with E-state index < -0.39 is 0 Å². The van der Waals surface area contributed by atoms with Crippen molar-refractivity contribution in [1.82, 2.24) is 5.32 Å². The van der Waals surface area contributed by atoms with Crippen molar-refractivity contribution in [3.8, 4) is 0 Å². The van der Waals surface area contributed by atoms with Crippen LogP contribution in [0.4, 0.5) is 0 Å². The van der Waals surface area contributed by atoms with Crippen molar-refractivity contribution < 1.29 is 4.74 Å². The van der Waals surface area contributed by atoms with Crippen LogP contribution in [0.15, 0.2) is 0 Å². The normalized spacial score (nSPS) is 22.2. The molecule has 1 saturated carbocycles. The summed E-state index contributed by atoms with van der Waals surface area (Å²) < 4.78 is 5.38. The predicted octanol–water partition coefficient (Wildman–Crippen LogP) is 0.492. The number of hydrogen-bond donors (Lipinski definition) is 2. The molecular weight excluding hydrogens is 152 g/mol. The first kappa shape index (κ1) is 9.96. The van der Waals surface area contributed by atoms with Gasteiger partial charge in [-0.25, -0.2) is 0 Å². The zero-order valence-corrected chi connectivity index (χ0v) is 8.10. The topological polar surface area (TPSA) is 47.3 Å². The molecule has 0 amide bonds. The van der Waals surface area contributed by atoms with Gasteiger partial charge in [-0.2, -0.15) is 0 Å². The molecule has 1 fully saturated rings. The van der Waals surface area contributed by atoms with Crippen molar-refractivity contribution in [3.63, 3.8) is 0 Å². The highest BCUT2D eigenvalue weighted by atomic mass is 16.5. The molecule has 1 atom stereocenters. The molecule has 1 unspecified atom stereocenters. The van der Waals surface area contributed by atoms with E-state index in [1.54, 1.807) is 0 Å². The first-order valence-electron chi connectivity index (χ1n) is 4.75. The first-order chi connectivity index (χ1) is 5.70. The van der Waals surface area contributed by atoms with E-state index in [-0.39, 0.29) is 5.54 Å². The third-order valence-electron chi connectivity index (χ3n) is 2.21. The Kier molecular flexibility index (Phi) is 3.50. The van der Waals surface area contributed by atoms with E-state index in [0.29, 0.717) is 12.6 Å². The molecule has 0 aromatic carbocycles. The Morgan fingerprint density at radius 3 is 2.67 bits per heavy atom. The number of ether oxygens (including phenoxy) is 1. The van der Waals surface area contributed by atoms with Crippen LogP contribution in [0.3, 0.4) is 0 Å². The summed E-state index contributed by atoms with van der Waals surface area (Å²) in [5, 5.41) is 3.50. The van der Waals surface area contributed by atoms with Crippen molar-refractivity contribution in [2.75, 3.05) is 19.8 Å². The fraction of sp³-hybridized carbons (Fsp3) is 1.00. The molecule has 1 aliphatic carbocycles. The van der Waals surface area contributed by atoms with Gasteiger partial charge in [0.2, 0.25) is 0 Å². The lowest BCUT2D eigenvalue weighted by Crippen LogP contribution is -2.53. The summed E-state index contributed by atoms with van der Waals surface area (Å²) >= 11 is 0. The number of rotatable bonds is 6. The van der Waals surface area contributed by atoms with Crippen LogP contribution in [0, 0.1) is 0 Å². The maximum absolute atomic E-state index is 5.68. The number of nitrogens with two attached hydrogens (primary N) is 1. The summed E-state index contributed by atoms with van der Waals surface area (Å²) in [5.41, 5.74) is 5.66. The summed E-state index contributed by atoms with van der Waals surface area (Å²) in [6, 6.07) is 0.694. The van der Waals surface area contributed by atoms with Gasteiger partial charge in [-0.15, -0.1) is 0 Å². The lowest BCUT2D eigenvalue weighted by molar-refractivity contribution is 0.0867. The maximum atomic E-state index is 5.68.